The molecule has 0 aromatic carbocycles. The molecule has 0 heterocycles. The van der Waals surface area contributed by atoms with E-state index in [-0.39, 0.29) is 6.54 Å². The molecular weight excluding hydrogens is 202 g/mol. The molecule has 0 aromatic rings. The van der Waals surface area contributed by atoms with Crippen LogP contribution in [0.25, 0.3) is 0 Å². The molecule has 0 amide bonds. The van der Waals surface area contributed by atoms with Gasteiger partial charge in [-0.1, -0.05) is 13.2 Å². The summed E-state index contributed by atoms with van der Waals surface area (Å²) in [6.45, 7) is 5.98. The van der Waals surface area contributed by atoms with Gasteiger partial charge in [-0.3, -0.25) is 0 Å². The predicted molar refractivity (Wildman–Crippen MR) is 49.4 cm³/mol. The monoisotopic (exact) mass is 211 g/mol. The molecule has 0 unspecified atom stereocenters. The molecule has 0 spiro atoms. The highest BCUT2D eigenvalue weighted by Gasteiger charge is 2.15. The Bertz CT molecular complexity index is 294. The van der Waals surface area contributed by atoms with Gasteiger partial charge < -0.3 is 9.47 Å². The SMILES string of the molecule is C=CC(=O)OC(CN=C=O)OC(=O)C=C. The lowest BCUT2D eigenvalue weighted by molar-refractivity contribution is -0.178. The first-order valence-electron chi connectivity index (χ1n) is 3.83. The van der Waals surface area contributed by atoms with E-state index in [0.29, 0.717) is 0 Å². The largest absolute Gasteiger partial charge is 0.420 e. The highest BCUT2D eigenvalue weighted by molar-refractivity contribution is 5.83. The second-order valence-electron chi connectivity index (χ2n) is 2.14. The van der Waals surface area contributed by atoms with Gasteiger partial charge in [-0.2, -0.15) is 4.99 Å². The molecule has 80 valence electrons. The van der Waals surface area contributed by atoms with Crippen LogP contribution in [0.4, 0.5) is 0 Å². The van der Waals surface area contributed by atoms with Crippen molar-refractivity contribution < 1.29 is 23.9 Å². The van der Waals surface area contributed by atoms with Crippen molar-refractivity contribution in [2.24, 2.45) is 4.99 Å². The minimum absolute atomic E-state index is 0.317. The molecule has 0 atom stereocenters. The minimum Gasteiger partial charge on any atom is -0.420 e. The van der Waals surface area contributed by atoms with Crippen LogP contribution in [-0.2, 0) is 23.9 Å². The fourth-order valence-electron chi connectivity index (χ4n) is 0.566. The topological polar surface area (TPSA) is 82.0 Å². The number of hydrogen-bond acceptors (Lipinski definition) is 6. The van der Waals surface area contributed by atoms with Crippen molar-refractivity contribution in [2.75, 3.05) is 6.54 Å². The highest BCUT2D eigenvalue weighted by Crippen LogP contribution is 1.98. The molecule has 0 saturated heterocycles. The van der Waals surface area contributed by atoms with Crippen LogP contribution in [0.3, 0.4) is 0 Å². The van der Waals surface area contributed by atoms with Gasteiger partial charge in [0.05, 0.1) is 0 Å². The molecule has 6 heteroatoms. The van der Waals surface area contributed by atoms with Gasteiger partial charge in [0.15, 0.2) is 0 Å². The zero-order chi connectivity index (χ0) is 11.7. The maximum Gasteiger partial charge on any atom is 0.333 e. The Kier molecular flexibility index (Phi) is 6.17. The Hall–Kier alpha value is -2.20. The summed E-state index contributed by atoms with van der Waals surface area (Å²) < 4.78 is 9.11. The van der Waals surface area contributed by atoms with E-state index in [0.717, 1.165) is 12.2 Å². The summed E-state index contributed by atoms with van der Waals surface area (Å²) in [6.07, 6.45) is 1.72. The van der Waals surface area contributed by atoms with Crippen LogP contribution in [0.2, 0.25) is 0 Å². The number of ether oxygens (including phenoxy) is 2. The molecule has 0 rings (SSSR count). The zero-order valence-corrected chi connectivity index (χ0v) is 7.84. The number of hydrogen-bond donors (Lipinski definition) is 0. The number of carbonyl (C=O) groups excluding carboxylic acids is 3. The Balaban J connectivity index is 4.35. The lowest BCUT2D eigenvalue weighted by Gasteiger charge is -2.13. The van der Waals surface area contributed by atoms with Crippen LogP contribution in [0.5, 0.6) is 0 Å². The quantitative estimate of drug-likeness (QED) is 0.205. The smallest absolute Gasteiger partial charge is 0.333 e. The van der Waals surface area contributed by atoms with Gasteiger partial charge in [-0.05, 0) is 0 Å². The van der Waals surface area contributed by atoms with Gasteiger partial charge in [0.2, 0.25) is 6.08 Å². The van der Waals surface area contributed by atoms with Crippen LogP contribution >= 0.6 is 0 Å². The molecule has 0 aliphatic rings. The van der Waals surface area contributed by atoms with Gasteiger partial charge in [-0.15, -0.1) is 0 Å². The normalized spacial score (nSPS) is 8.60. The molecule has 0 radical (unpaired) electrons. The van der Waals surface area contributed by atoms with E-state index in [1.165, 1.54) is 6.08 Å². The van der Waals surface area contributed by atoms with Crippen LogP contribution in [-0.4, -0.2) is 30.9 Å². The molecule has 0 bridgehead atoms. The highest BCUT2D eigenvalue weighted by atomic mass is 16.7. The fourth-order valence-corrected chi connectivity index (χ4v) is 0.566. The average molecular weight is 211 g/mol. The molecule has 0 aromatic heterocycles. The second-order valence-corrected chi connectivity index (χ2v) is 2.14. The Morgan fingerprint density at radius 3 is 2.07 bits per heavy atom. The second kappa shape index (κ2) is 7.23. The average Bonchev–Trinajstić information content (AvgIpc) is 2.25. The van der Waals surface area contributed by atoms with Crippen molar-refractivity contribution in [1.29, 1.82) is 0 Å². The maximum atomic E-state index is 10.8. The van der Waals surface area contributed by atoms with Gasteiger partial charge >= 0.3 is 11.9 Å². The van der Waals surface area contributed by atoms with E-state index < -0.39 is 18.2 Å². The molecule has 0 saturated carbocycles. The third-order valence-corrected chi connectivity index (χ3v) is 1.13. The van der Waals surface area contributed by atoms with E-state index in [9.17, 15) is 14.4 Å². The van der Waals surface area contributed by atoms with Crippen LogP contribution in [0, 0.1) is 0 Å². The first-order valence-corrected chi connectivity index (χ1v) is 3.83. The molecular formula is C9H9NO5. The summed E-state index contributed by atoms with van der Waals surface area (Å²) in [7, 11) is 0. The van der Waals surface area contributed by atoms with Crippen LogP contribution in [0.1, 0.15) is 0 Å². The molecule has 0 fully saturated rings. The molecule has 0 N–H and O–H groups in total. The maximum absolute atomic E-state index is 10.8. The first-order chi connectivity index (χ1) is 7.13. The van der Waals surface area contributed by atoms with Crippen molar-refractivity contribution >= 4 is 18.0 Å². The number of carbonyl (C=O) groups is 2. The van der Waals surface area contributed by atoms with Crippen LogP contribution in [0.15, 0.2) is 30.3 Å². The van der Waals surface area contributed by atoms with Gasteiger partial charge in [0.1, 0.15) is 6.54 Å². The predicted octanol–water partition coefficient (Wildman–Crippen LogP) is 0.107. The number of nitrogens with zero attached hydrogens (tertiary/aromatic N) is 1. The van der Waals surface area contributed by atoms with Gasteiger partial charge in [-0.25, -0.2) is 14.4 Å². The molecule has 0 aliphatic heterocycles. The number of isocyanates is 1. The zero-order valence-electron chi connectivity index (χ0n) is 7.84. The Labute approximate surface area is 85.9 Å². The van der Waals surface area contributed by atoms with E-state index in [1.54, 1.807) is 0 Å². The molecule has 0 aliphatic carbocycles. The van der Waals surface area contributed by atoms with Gasteiger partial charge in [0.25, 0.3) is 6.29 Å². The standard InChI is InChI=1S/C9H9NO5/c1-3-7(12)14-9(5-10-6-11)15-8(13)4-2/h3-4,9H,1-2,5H2. The summed E-state index contributed by atoms with van der Waals surface area (Å²) >= 11 is 0. The molecule has 15 heavy (non-hydrogen) atoms. The minimum atomic E-state index is -1.28. The summed E-state index contributed by atoms with van der Waals surface area (Å²) in [6, 6.07) is 0. The van der Waals surface area contributed by atoms with E-state index in [1.807, 2.05) is 0 Å². The Morgan fingerprint density at radius 1 is 1.27 bits per heavy atom. The van der Waals surface area contributed by atoms with Crippen molar-refractivity contribution in [2.45, 2.75) is 6.29 Å². The first kappa shape index (κ1) is 12.8. The van der Waals surface area contributed by atoms with Crippen molar-refractivity contribution in [3.8, 4) is 0 Å². The summed E-state index contributed by atoms with van der Waals surface area (Å²) in [5.41, 5.74) is 0. The number of esters is 2. The van der Waals surface area contributed by atoms with E-state index in [4.69, 9.17) is 0 Å². The third kappa shape index (κ3) is 5.95. The lowest BCUT2D eigenvalue weighted by Crippen LogP contribution is -2.25. The van der Waals surface area contributed by atoms with Gasteiger partial charge in [0, 0.05) is 12.2 Å². The summed E-state index contributed by atoms with van der Waals surface area (Å²) in [4.78, 5) is 34.4. The fraction of sp³-hybridized carbons (Fsp3) is 0.222. The number of rotatable bonds is 6. The summed E-state index contributed by atoms with van der Waals surface area (Å²) in [5, 5.41) is 0. The van der Waals surface area contributed by atoms with E-state index >= 15 is 0 Å². The third-order valence-electron chi connectivity index (χ3n) is 1.13. The lowest BCUT2D eigenvalue weighted by atomic mass is 10.5. The number of aliphatic imine (C=N–C) groups is 1. The van der Waals surface area contributed by atoms with Crippen molar-refractivity contribution in [1.82, 2.24) is 0 Å². The van der Waals surface area contributed by atoms with Crippen LogP contribution < -0.4 is 0 Å². The van der Waals surface area contributed by atoms with Crippen molar-refractivity contribution in [3.63, 3.8) is 0 Å². The molecule has 6 nitrogen and oxygen atoms in total. The van der Waals surface area contributed by atoms with E-state index in [2.05, 4.69) is 27.6 Å². The van der Waals surface area contributed by atoms with Crippen molar-refractivity contribution in [3.05, 3.63) is 25.3 Å². The summed E-state index contributed by atoms with van der Waals surface area (Å²) in [5.74, 6) is -1.59. The Morgan fingerprint density at radius 2 is 1.73 bits per heavy atom.